The van der Waals surface area contributed by atoms with E-state index in [1.54, 1.807) is 0 Å². The van der Waals surface area contributed by atoms with Crippen molar-refractivity contribution in [2.24, 2.45) is 0 Å². The number of fused-ring (bicyclic) bond motifs is 20. The van der Waals surface area contributed by atoms with Crippen molar-refractivity contribution in [3.05, 3.63) is 238 Å². The van der Waals surface area contributed by atoms with Gasteiger partial charge in [-0.2, -0.15) is 0 Å². The first kappa shape index (κ1) is 28.2. The quantitative estimate of drug-likeness (QED) is 0.169. The summed E-state index contributed by atoms with van der Waals surface area (Å²) in [6, 6.07) is 65.6. The molecule has 2 spiro atoms. The summed E-state index contributed by atoms with van der Waals surface area (Å²) >= 11 is 0. The number of rotatable bonds is 2. The molecular formula is C51H30O. The molecule has 0 saturated heterocycles. The summed E-state index contributed by atoms with van der Waals surface area (Å²) in [5.74, 6) is 0.0665. The topological polar surface area (TPSA) is 17.1 Å². The minimum Gasteiger partial charge on any atom is -0.289 e. The van der Waals surface area contributed by atoms with Crippen LogP contribution in [-0.4, -0.2) is 5.78 Å². The molecule has 8 aromatic carbocycles. The van der Waals surface area contributed by atoms with Gasteiger partial charge >= 0.3 is 0 Å². The first-order chi connectivity index (χ1) is 25.8. The molecule has 12 rings (SSSR count). The number of ketones is 1. The van der Waals surface area contributed by atoms with Gasteiger partial charge in [-0.15, -0.1) is 0 Å². The van der Waals surface area contributed by atoms with Gasteiger partial charge in [0.05, 0.1) is 10.8 Å². The third-order valence-corrected chi connectivity index (χ3v) is 12.5. The second-order valence-electron chi connectivity index (χ2n) is 14.6. The maximum absolute atomic E-state index is 16.0. The summed E-state index contributed by atoms with van der Waals surface area (Å²) in [7, 11) is 0. The lowest BCUT2D eigenvalue weighted by Gasteiger charge is -2.33. The Morgan fingerprint density at radius 2 is 0.500 bits per heavy atom. The van der Waals surface area contributed by atoms with Gasteiger partial charge in [-0.05, 0) is 89.0 Å². The predicted molar refractivity (Wildman–Crippen MR) is 209 cm³/mol. The van der Waals surface area contributed by atoms with Gasteiger partial charge < -0.3 is 0 Å². The van der Waals surface area contributed by atoms with Crippen molar-refractivity contribution in [2.45, 2.75) is 10.8 Å². The summed E-state index contributed by atoms with van der Waals surface area (Å²) in [5.41, 5.74) is 19.5. The Morgan fingerprint density at radius 1 is 0.269 bits per heavy atom. The maximum Gasteiger partial charge on any atom is 0.193 e. The Bertz CT molecular complexity index is 2570. The van der Waals surface area contributed by atoms with Crippen LogP contribution in [0.2, 0.25) is 0 Å². The number of carbonyl (C=O) groups excluding carboxylic acids is 1. The Balaban J connectivity index is 1.19. The second kappa shape index (κ2) is 9.81. The van der Waals surface area contributed by atoms with Crippen LogP contribution in [0.4, 0.5) is 0 Å². The van der Waals surface area contributed by atoms with Gasteiger partial charge in [0, 0.05) is 11.1 Å². The highest BCUT2D eigenvalue weighted by molar-refractivity contribution is 6.16. The van der Waals surface area contributed by atoms with E-state index in [9.17, 15) is 0 Å². The van der Waals surface area contributed by atoms with Crippen molar-refractivity contribution in [3.63, 3.8) is 0 Å². The van der Waals surface area contributed by atoms with Crippen LogP contribution in [0.25, 0.3) is 44.5 Å². The van der Waals surface area contributed by atoms with Crippen molar-refractivity contribution in [2.75, 3.05) is 0 Å². The normalized spacial score (nSPS) is 14.9. The van der Waals surface area contributed by atoms with Gasteiger partial charge in [-0.1, -0.05) is 182 Å². The molecular weight excluding hydrogens is 629 g/mol. The first-order valence-electron chi connectivity index (χ1n) is 18.2. The SMILES string of the molecule is O=C(c1cccc2c1C1(c3ccccc3-c3ccccc31)c1ccccc1-2)c1cccc2c1C1(c3ccccc3-c3ccccc31)c1ccccc1-2. The molecule has 52 heavy (non-hydrogen) atoms. The third kappa shape index (κ3) is 3.08. The molecule has 0 amide bonds. The van der Waals surface area contributed by atoms with Crippen LogP contribution in [0, 0.1) is 0 Å². The van der Waals surface area contributed by atoms with Crippen molar-refractivity contribution >= 4 is 5.78 Å². The van der Waals surface area contributed by atoms with Crippen LogP contribution in [0.15, 0.2) is 182 Å². The molecule has 0 unspecified atom stereocenters. The summed E-state index contributed by atoms with van der Waals surface area (Å²) < 4.78 is 0. The highest BCUT2D eigenvalue weighted by Crippen LogP contribution is 2.65. The van der Waals surface area contributed by atoms with Crippen molar-refractivity contribution < 1.29 is 4.79 Å². The monoisotopic (exact) mass is 658 g/mol. The van der Waals surface area contributed by atoms with Crippen LogP contribution < -0.4 is 0 Å². The van der Waals surface area contributed by atoms with E-state index in [0.717, 1.165) is 33.4 Å². The average molecular weight is 659 g/mol. The standard InChI is InChI=1S/C51H30O/c52-49(39-23-13-21-37-35-19-5-11-29-45(35)50(47(37)39)41-25-7-1-15-31(41)32-16-2-8-26-42(32)50)40-24-14-22-38-36-20-6-12-30-46(36)51(48(38)40)43-27-9-3-17-33(43)34-18-4-10-28-44(34)51/h1-30H. The highest BCUT2D eigenvalue weighted by atomic mass is 16.1. The van der Waals surface area contributed by atoms with Gasteiger partial charge in [-0.25, -0.2) is 0 Å². The van der Waals surface area contributed by atoms with E-state index in [2.05, 4.69) is 182 Å². The highest BCUT2D eigenvalue weighted by Gasteiger charge is 2.55. The lowest BCUT2D eigenvalue weighted by molar-refractivity contribution is 0.103. The van der Waals surface area contributed by atoms with Gasteiger partial charge in [0.15, 0.2) is 5.78 Å². The zero-order valence-electron chi connectivity index (χ0n) is 28.2. The molecule has 0 fully saturated rings. The Hall–Kier alpha value is -6.57. The molecule has 0 N–H and O–H groups in total. The van der Waals surface area contributed by atoms with E-state index in [0.29, 0.717) is 0 Å². The third-order valence-electron chi connectivity index (χ3n) is 12.5. The van der Waals surface area contributed by atoms with Crippen LogP contribution in [0.5, 0.6) is 0 Å². The smallest absolute Gasteiger partial charge is 0.193 e. The molecule has 240 valence electrons. The van der Waals surface area contributed by atoms with Crippen LogP contribution in [0.1, 0.15) is 60.4 Å². The van der Waals surface area contributed by atoms with Crippen molar-refractivity contribution in [3.8, 4) is 44.5 Å². The molecule has 1 heteroatoms. The molecule has 8 aromatic rings. The maximum atomic E-state index is 16.0. The average Bonchev–Trinajstić information content (AvgIpc) is 3.90. The molecule has 0 bridgehead atoms. The van der Waals surface area contributed by atoms with E-state index >= 15 is 4.79 Å². The molecule has 0 saturated carbocycles. The molecule has 0 aromatic heterocycles. The number of hydrogen-bond acceptors (Lipinski definition) is 1. The Kier molecular flexibility index (Phi) is 5.31. The fourth-order valence-corrected chi connectivity index (χ4v) is 10.8. The first-order valence-corrected chi connectivity index (χ1v) is 18.2. The predicted octanol–water partition coefficient (Wildman–Crippen LogP) is 11.6. The minimum atomic E-state index is -0.615. The molecule has 0 heterocycles. The number of hydrogen-bond donors (Lipinski definition) is 0. The van der Waals surface area contributed by atoms with Crippen molar-refractivity contribution in [1.29, 1.82) is 0 Å². The summed E-state index contributed by atoms with van der Waals surface area (Å²) in [6.07, 6.45) is 0. The fourth-order valence-electron chi connectivity index (χ4n) is 10.8. The van der Waals surface area contributed by atoms with Gasteiger partial charge in [0.2, 0.25) is 0 Å². The van der Waals surface area contributed by atoms with E-state index < -0.39 is 10.8 Å². The van der Waals surface area contributed by atoms with Crippen LogP contribution in [0.3, 0.4) is 0 Å². The van der Waals surface area contributed by atoms with Gasteiger partial charge in [-0.3, -0.25) is 4.79 Å². The Labute approximate surface area is 302 Å². The fraction of sp³-hybridized carbons (Fsp3) is 0.0392. The summed E-state index contributed by atoms with van der Waals surface area (Å²) in [5, 5.41) is 0. The van der Waals surface area contributed by atoms with E-state index in [1.165, 1.54) is 66.8 Å². The summed E-state index contributed by atoms with van der Waals surface area (Å²) in [6.45, 7) is 0. The molecule has 4 aliphatic carbocycles. The lowest BCUT2D eigenvalue weighted by Crippen LogP contribution is -2.30. The van der Waals surface area contributed by atoms with Crippen LogP contribution >= 0.6 is 0 Å². The molecule has 0 atom stereocenters. The van der Waals surface area contributed by atoms with Gasteiger partial charge in [0.25, 0.3) is 0 Å². The minimum absolute atomic E-state index is 0.0665. The second-order valence-corrected chi connectivity index (χ2v) is 14.6. The summed E-state index contributed by atoms with van der Waals surface area (Å²) in [4.78, 5) is 16.0. The molecule has 0 aliphatic heterocycles. The van der Waals surface area contributed by atoms with E-state index in [1.807, 2.05) is 0 Å². The molecule has 1 nitrogen and oxygen atoms in total. The van der Waals surface area contributed by atoms with E-state index in [-0.39, 0.29) is 5.78 Å². The zero-order valence-corrected chi connectivity index (χ0v) is 28.2. The Morgan fingerprint density at radius 3 is 0.788 bits per heavy atom. The zero-order chi connectivity index (χ0) is 34.2. The number of benzene rings is 8. The van der Waals surface area contributed by atoms with Crippen LogP contribution in [-0.2, 0) is 10.8 Å². The molecule has 0 radical (unpaired) electrons. The lowest BCUT2D eigenvalue weighted by atomic mass is 9.67. The largest absolute Gasteiger partial charge is 0.289 e. The van der Waals surface area contributed by atoms with E-state index in [4.69, 9.17) is 0 Å². The van der Waals surface area contributed by atoms with Crippen molar-refractivity contribution in [1.82, 2.24) is 0 Å². The van der Waals surface area contributed by atoms with Gasteiger partial charge in [0.1, 0.15) is 0 Å². The molecule has 4 aliphatic rings. The number of carbonyl (C=O) groups is 1.